The first-order chi connectivity index (χ1) is 6.09. The molecular weight excluding hydrogens is 182 g/mol. The summed E-state index contributed by atoms with van der Waals surface area (Å²) in [6.45, 7) is 5.72. The van der Waals surface area contributed by atoms with Crippen molar-refractivity contribution in [3.05, 3.63) is 22.2 Å². The second kappa shape index (κ2) is 4.33. The highest BCUT2D eigenvalue weighted by Crippen LogP contribution is 2.10. The number of carbonyl (C=O) groups excluding carboxylic acids is 1. The van der Waals surface area contributed by atoms with Crippen LogP contribution in [0.5, 0.6) is 0 Å². The number of nitrogens with zero attached hydrogens (tertiary/aromatic N) is 1. The SMILES string of the molecule is Cc1csc(C=CC(=O)C(C)C)n1. The molecule has 2 nitrogen and oxygen atoms in total. The van der Waals surface area contributed by atoms with Crippen molar-refractivity contribution in [3.63, 3.8) is 0 Å². The average molecular weight is 195 g/mol. The summed E-state index contributed by atoms with van der Waals surface area (Å²) in [5, 5.41) is 2.87. The molecule has 1 aromatic rings. The van der Waals surface area contributed by atoms with E-state index in [9.17, 15) is 4.79 Å². The van der Waals surface area contributed by atoms with Crippen LogP contribution in [0.25, 0.3) is 6.08 Å². The summed E-state index contributed by atoms with van der Waals surface area (Å²) < 4.78 is 0. The highest BCUT2D eigenvalue weighted by Gasteiger charge is 2.02. The average Bonchev–Trinajstić information content (AvgIpc) is 2.47. The molecule has 0 aromatic carbocycles. The lowest BCUT2D eigenvalue weighted by Crippen LogP contribution is -2.01. The molecule has 0 fully saturated rings. The molecule has 0 aliphatic rings. The molecule has 0 atom stereocenters. The summed E-state index contributed by atoms with van der Waals surface area (Å²) in [4.78, 5) is 15.4. The Morgan fingerprint density at radius 3 is 2.77 bits per heavy atom. The van der Waals surface area contributed by atoms with Crippen molar-refractivity contribution in [3.8, 4) is 0 Å². The number of aryl methyl sites for hydroxylation is 1. The van der Waals surface area contributed by atoms with Crippen LogP contribution in [0.15, 0.2) is 11.5 Å². The minimum absolute atomic E-state index is 0.0670. The van der Waals surface area contributed by atoms with Gasteiger partial charge >= 0.3 is 0 Å². The van der Waals surface area contributed by atoms with Crippen molar-refractivity contribution in [2.75, 3.05) is 0 Å². The van der Waals surface area contributed by atoms with E-state index in [1.54, 1.807) is 23.5 Å². The van der Waals surface area contributed by atoms with Gasteiger partial charge in [0.15, 0.2) is 5.78 Å². The third kappa shape index (κ3) is 3.11. The van der Waals surface area contributed by atoms with Crippen molar-refractivity contribution in [1.82, 2.24) is 4.98 Å². The van der Waals surface area contributed by atoms with Gasteiger partial charge in [0.25, 0.3) is 0 Å². The Kier molecular flexibility index (Phi) is 3.37. The Morgan fingerprint density at radius 2 is 2.31 bits per heavy atom. The fourth-order valence-electron chi connectivity index (χ4n) is 0.795. The highest BCUT2D eigenvalue weighted by atomic mass is 32.1. The maximum atomic E-state index is 11.2. The van der Waals surface area contributed by atoms with Gasteiger partial charge in [0.05, 0.1) is 0 Å². The summed E-state index contributed by atoms with van der Waals surface area (Å²) in [6.07, 6.45) is 3.38. The second-order valence-corrected chi connectivity index (χ2v) is 4.11. The van der Waals surface area contributed by atoms with Gasteiger partial charge in [-0.3, -0.25) is 4.79 Å². The van der Waals surface area contributed by atoms with Crippen LogP contribution in [0.2, 0.25) is 0 Å². The molecule has 3 heteroatoms. The van der Waals surface area contributed by atoms with Gasteiger partial charge in [-0.2, -0.15) is 0 Å². The van der Waals surface area contributed by atoms with Crippen LogP contribution in [0.1, 0.15) is 24.5 Å². The molecule has 1 heterocycles. The molecule has 0 amide bonds. The summed E-state index contributed by atoms with van der Waals surface area (Å²) >= 11 is 1.55. The number of thiazole rings is 1. The van der Waals surface area contributed by atoms with Gasteiger partial charge in [-0.15, -0.1) is 11.3 Å². The smallest absolute Gasteiger partial charge is 0.158 e. The summed E-state index contributed by atoms with van der Waals surface area (Å²) in [6, 6.07) is 0. The zero-order valence-corrected chi connectivity index (χ0v) is 8.89. The van der Waals surface area contributed by atoms with E-state index in [-0.39, 0.29) is 11.7 Å². The van der Waals surface area contributed by atoms with Crippen LogP contribution < -0.4 is 0 Å². The van der Waals surface area contributed by atoms with Crippen LogP contribution in [-0.2, 0) is 4.79 Å². The van der Waals surface area contributed by atoms with Crippen LogP contribution in [-0.4, -0.2) is 10.8 Å². The molecule has 0 saturated carbocycles. The molecule has 1 rings (SSSR count). The molecule has 0 N–H and O–H groups in total. The highest BCUT2D eigenvalue weighted by molar-refractivity contribution is 7.10. The zero-order valence-electron chi connectivity index (χ0n) is 8.07. The molecule has 0 aliphatic heterocycles. The standard InChI is InChI=1S/C10H13NOS/c1-7(2)9(12)4-5-10-11-8(3)6-13-10/h4-7H,1-3H3. The first kappa shape index (κ1) is 10.1. The van der Waals surface area contributed by atoms with Crippen LogP contribution in [0, 0.1) is 12.8 Å². The molecule has 0 unspecified atom stereocenters. The number of hydrogen-bond acceptors (Lipinski definition) is 3. The molecule has 0 aliphatic carbocycles. The fraction of sp³-hybridized carbons (Fsp3) is 0.400. The maximum Gasteiger partial charge on any atom is 0.158 e. The first-order valence-corrected chi connectivity index (χ1v) is 5.11. The number of hydrogen-bond donors (Lipinski definition) is 0. The quantitative estimate of drug-likeness (QED) is 0.694. The Hall–Kier alpha value is -0.960. The van der Waals surface area contributed by atoms with E-state index in [0.29, 0.717) is 0 Å². The van der Waals surface area contributed by atoms with E-state index in [0.717, 1.165) is 10.7 Å². The van der Waals surface area contributed by atoms with Gasteiger partial charge < -0.3 is 0 Å². The first-order valence-electron chi connectivity index (χ1n) is 4.23. The van der Waals surface area contributed by atoms with Gasteiger partial charge in [0.2, 0.25) is 0 Å². The molecule has 70 valence electrons. The Labute approximate surface area is 82.3 Å². The number of aromatic nitrogens is 1. The van der Waals surface area contributed by atoms with Gasteiger partial charge in [-0.25, -0.2) is 4.98 Å². The van der Waals surface area contributed by atoms with E-state index >= 15 is 0 Å². The third-order valence-corrected chi connectivity index (χ3v) is 2.52. The Balaban J connectivity index is 2.64. The van der Waals surface area contributed by atoms with E-state index in [4.69, 9.17) is 0 Å². The van der Waals surface area contributed by atoms with Gasteiger partial charge in [-0.1, -0.05) is 13.8 Å². The lowest BCUT2D eigenvalue weighted by Gasteiger charge is -1.94. The van der Waals surface area contributed by atoms with Crippen molar-refractivity contribution in [2.45, 2.75) is 20.8 Å². The number of allylic oxidation sites excluding steroid dienone is 1. The molecule has 0 bridgehead atoms. The zero-order chi connectivity index (χ0) is 9.84. The monoisotopic (exact) mass is 195 g/mol. The molecular formula is C10H13NOS. The van der Waals surface area contributed by atoms with E-state index in [2.05, 4.69) is 4.98 Å². The largest absolute Gasteiger partial charge is 0.295 e. The second-order valence-electron chi connectivity index (χ2n) is 3.22. The summed E-state index contributed by atoms with van der Waals surface area (Å²) in [7, 11) is 0. The van der Waals surface area contributed by atoms with Crippen LogP contribution >= 0.6 is 11.3 Å². The van der Waals surface area contributed by atoms with E-state index in [1.165, 1.54) is 0 Å². The van der Waals surface area contributed by atoms with Gasteiger partial charge in [0.1, 0.15) is 5.01 Å². The molecule has 1 aromatic heterocycles. The summed E-state index contributed by atoms with van der Waals surface area (Å²) in [5.41, 5.74) is 1.00. The van der Waals surface area contributed by atoms with Gasteiger partial charge in [-0.05, 0) is 19.1 Å². The lowest BCUT2D eigenvalue weighted by molar-refractivity contribution is -0.117. The molecule has 13 heavy (non-hydrogen) atoms. The molecule has 0 radical (unpaired) electrons. The van der Waals surface area contributed by atoms with Crippen molar-refractivity contribution in [1.29, 1.82) is 0 Å². The number of rotatable bonds is 3. The lowest BCUT2D eigenvalue weighted by atomic mass is 10.1. The Bertz CT molecular complexity index is 325. The van der Waals surface area contributed by atoms with Crippen molar-refractivity contribution < 1.29 is 4.79 Å². The van der Waals surface area contributed by atoms with Crippen LogP contribution in [0.4, 0.5) is 0 Å². The number of carbonyl (C=O) groups is 1. The minimum atomic E-state index is 0.0670. The van der Waals surface area contributed by atoms with Gasteiger partial charge in [0, 0.05) is 17.0 Å². The van der Waals surface area contributed by atoms with Crippen molar-refractivity contribution >= 4 is 23.2 Å². The van der Waals surface area contributed by atoms with Crippen LogP contribution in [0.3, 0.4) is 0 Å². The topological polar surface area (TPSA) is 30.0 Å². The normalized spacial score (nSPS) is 11.4. The van der Waals surface area contributed by atoms with E-state index < -0.39 is 0 Å². The molecule has 0 saturated heterocycles. The molecule has 0 spiro atoms. The Morgan fingerprint density at radius 1 is 1.62 bits per heavy atom. The summed E-state index contributed by atoms with van der Waals surface area (Å²) in [5.74, 6) is 0.213. The third-order valence-electron chi connectivity index (χ3n) is 1.60. The predicted octanol–water partition coefficient (Wildman–Crippen LogP) is 2.69. The van der Waals surface area contributed by atoms with E-state index in [1.807, 2.05) is 26.2 Å². The minimum Gasteiger partial charge on any atom is -0.295 e. The number of ketones is 1. The predicted molar refractivity (Wildman–Crippen MR) is 55.7 cm³/mol. The van der Waals surface area contributed by atoms with Crippen molar-refractivity contribution in [2.24, 2.45) is 5.92 Å². The fourth-order valence-corrected chi connectivity index (χ4v) is 1.48. The maximum absolute atomic E-state index is 11.2.